The number of aryl methyl sites for hydroxylation is 2. The van der Waals surface area contributed by atoms with Crippen molar-refractivity contribution in [3.8, 4) is 0 Å². The van der Waals surface area contributed by atoms with Crippen molar-refractivity contribution in [2.45, 2.75) is 33.2 Å². The quantitative estimate of drug-likeness (QED) is 0.672. The van der Waals surface area contributed by atoms with E-state index in [0.29, 0.717) is 6.42 Å². The Kier molecular flexibility index (Phi) is 5.89. The molecule has 1 heterocycles. The minimum Gasteiger partial charge on any atom is -0.324 e. The van der Waals surface area contributed by atoms with Crippen LogP contribution >= 0.6 is 0 Å². The van der Waals surface area contributed by atoms with Gasteiger partial charge in [-0.05, 0) is 49.6 Å². The fourth-order valence-electron chi connectivity index (χ4n) is 2.95. The second-order valence-corrected chi connectivity index (χ2v) is 6.68. The molecular weight excluding hydrogens is 352 g/mol. The number of para-hydroxylation sites is 2. The first-order valence-electron chi connectivity index (χ1n) is 9.28. The van der Waals surface area contributed by atoms with Crippen LogP contribution in [0.2, 0.25) is 0 Å². The lowest BCUT2D eigenvalue weighted by Crippen LogP contribution is -2.26. The number of rotatable bonds is 6. The van der Waals surface area contributed by atoms with Crippen molar-refractivity contribution in [1.82, 2.24) is 9.78 Å². The van der Waals surface area contributed by atoms with Crippen LogP contribution in [0.5, 0.6) is 0 Å². The maximum Gasteiger partial charge on any atom is 0.276 e. The van der Waals surface area contributed by atoms with Crippen LogP contribution in [0.25, 0.3) is 0 Å². The number of hydrogen-bond donors (Lipinski definition) is 2. The molecular formula is C22H24N4O2. The molecule has 2 N–H and O–H groups in total. The van der Waals surface area contributed by atoms with Crippen LogP contribution in [-0.2, 0) is 4.79 Å². The van der Waals surface area contributed by atoms with Gasteiger partial charge in [0, 0.05) is 17.6 Å². The first kappa shape index (κ1) is 19.4. The van der Waals surface area contributed by atoms with Crippen molar-refractivity contribution in [1.29, 1.82) is 0 Å². The van der Waals surface area contributed by atoms with Crippen molar-refractivity contribution < 1.29 is 9.59 Å². The molecule has 144 valence electrons. The Morgan fingerprint density at radius 3 is 2.07 bits per heavy atom. The van der Waals surface area contributed by atoms with E-state index in [0.717, 1.165) is 22.5 Å². The molecule has 6 nitrogen and oxygen atoms in total. The van der Waals surface area contributed by atoms with Crippen LogP contribution in [0.15, 0.2) is 60.8 Å². The minimum atomic E-state index is -0.500. The molecule has 28 heavy (non-hydrogen) atoms. The highest BCUT2D eigenvalue weighted by atomic mass is 16.2. The second kappa shape index (κ2) is 8.52. The smallest absolute Gasteiger partial charge is 0.276 e. The van der Waals surface area contributed by atoms with E-state index < -0.39 is 6.04 Å². The third-order valence-corrected chi connectivity index (χ3v) is 4.65. The molecule has 2 aromatic carbocycles. The Hall–Kier alpha value is -3.41. The summed E-state index contributed by atoms with van der Waals surface area (Å²) in [6, 6.07) is 16.3. The summed E-state index contributed by atoms with van der Waals surface area (Å²) < 4.78 is 1.54. The molecule has 1 aromatic heterocycles. The molecule has 0 saturated carbocycles. The van der Waals surface area contributed by atoms with Crippen molar-refractivity contribution >= 4 is 23.2 Å². The fraction of sp³-hybridized carbons (Fsp3) is 0.227. The van der Waals surface area contributed by atoms with Gasteiger partial charge in [0.1, 0.15) is 6.04 Å². The molecule has 0 aliphatic carbocycles. The highest BCUT2D eigenvalue weighted by Crippen LogP contribution is 2.19. The zero-order chi connectivity index (χ0) is 20.1. The zero-order valence-corrected chi connectivity index (χ0v) is 16.3. The molecule has 0 saturated heterocycles. The number of hydrogen-bond acceptors (Lipinski definition) is 3. The highest BCUT2D eigenvalue weighted by molar-refractivity contribution is 6.03. The number of amides is 2. The standard InChI is InChI=1S/C22H24N4O2/c1-4-20(22(28)24-18-12-8-6-10-16(18)3)26-14-13-19(25-26)21(27)23-17-11-7-5-9-15(17)2/h5-14,20H,4H2,1-3H3,(H,23,27)(H,24,28). The first-order chi connectivity index (χ1) is 13.5. The van der Waals surface area contributed by atoms with Crippen molar-refractivity contribution in [3.05, 3.63) is 77.6 Å². The summed E-state index contributed by atoms with van der Waals surface area (Å²) in [6.07, 6.45) is 2.22. The lowest BCUT2D eigenvalue weighted by Gasteiger charge is -2.16. The monoisotopic (exact) mass is 376 g/mol. The Labute approximate surface area is 164 Å². The Bertz CT molecular complexity index is 993. The van der Waals surface area contributed by atoms with Crippen LogP contribution in [0.1, 0.15) is 41.0 Å². The minimum absolute atomic E-state index is 0.161. The van der Waals surface area contributed by atoms with E-state index in [9.17, 15) is 9.59 Å². The highest BCUT2D eigenvalue weighted by Gasteiger charge is 2.21. The van der Waals surface area contributed by atoms with Crippen molar-refractivity contribution in [2.75, 3.05) is 10.6 Å². The van der Waals surface area contributed by atoms with Gasteiger partial charge in [0.25, 0.3) is 5.91 Å². The summed E-state index contributed by atoms with van der Waals surface area (Å²) in [4.78, 5) is 25.2. The molecule has 6 heteroatoms. The normalized spacial score (nSPS) is 11.7. The Morgan fingerprint density at radius 2 is 1.50 bits per heavy atom. The van der Waals surface area contributed by atoms with E-state index in [4.69, 9.17) is 0 Å². The van der Waals surface area contributed by atoms with E-state index in [1.807, 2.05) is 69.3 Å². The van der Waals surface area contributed by atoms with Crippen LogP contribution in [0.3, 0.4) is 0 Å². The molecule has 0 aliphatic rings. The van der Waals surface area contributed by atoms with E-state index in [1.54, 1.807) is 16.9 Å². The predicted molar refractivity (Wildman–Crippen MR) is 110 cm³/mol. The lowest BCUT2D eigenvalue weighted by molar-refractivity contribution is -0.119. The van der Waals surface area contributed by atoms with Gasteiger partial charge < -0.3 is 10.6 Å². The van der Waals surface area contributed by atoms with Crippen LogP contribution < -0.4 is 10.6 Å². The number of anilines is 2. The van der Waals surface area contributed by atoms with E-state index in [1.165, 1.54) is 0 Å². The Morgan fingerprint density at radius 1 is 0.929 bits per heavy atom. The number of aromatic nitrogens is 2. The summed E-state index contributed by atoms with van der Waals surface area (Å²) in [5.74, 6) is -0.465. The molecule has 0 fully saturated rings. The molecule has 0 spiro atoms. The SMILES string of the molecule is CCC(C(=O)Nc1ccccc1C)n1ccc(C(=O)Nc2ccccc2C)n1. The molecule has 0 aliphatic heterocycles. The average Bonchev–Trinajstić information content (AvgIpc) is 3.16. The predicted octanol–water partition coefficient (Wildman–Crippen LogP) is 4.34. The fourth-order valence-corrected chi connectivity index (χ4v) is 2.95. The van der Waals surface area contributed by atoms with Crippen molar-refractivity contribution in [3.63, 3.8) is 0 Å². The third kappa shape index (κ3) is 4.28. The van der Waals surface area contributed by atoms with Gasteiger partial charge in [-0.25, -0.2) is 0 Å². The van der Waals surface area contributed by atoms with Crippen LogP contribution in [0, 0.1) is 13.8 Å². The number of carbonyl (C=O) groups excluding carboxylic acids is 2. The summed E-state index contributed by atoms with van der Waals surface area (Å²) in [6.45, 7) is 5.78. The third-order valence-electron chi connectivity index (χ3n) is 4.65. The van der Waals surface area contributed by atoms with E-state index in [-0.39, 0.29) is 17.5 Å². The van der Waals surface area contributed by atoms with Gasteiger partial charge in [-0.15, -0.1) is 0 Å². The van der Waals surface area contributed by atoms with Gasteiger partial charge in [-0.1, -0.05) is 43.3 Å². The summed E-state index contributed by atoms with van der Waals surface area (Å²) in [5, 5.41) is 10.1. The zero-order valence-electron chi connectivity index (χ0n) is 16.3. The van der Waals surface area contributed by atoms with Crippen LogP contribution in [0.4, 0.5) is 11.4 Å². The maximum atomic E-state index is 12.7. The molecule has 1 atom stereocenters. The summed E-state index contributed by atoms with van der Waals surface area (Å²) >= 11 is 0. The largest absolute Gasteiger partial charge is 0.324 e. The van der Waals surface area contributed by atoms with E-state index >= 15 is 0 Å². The first-order valence-corrected chi connectivity index (χ1v) is 9.28. The Balaban J connectivity index is 1.73. The maximum absolute atomic E-state index is 12.7. The number of benzene rings is 2. The van der Waals surface area contributed by atoms with Gasteiger partial charge >= 0.3 is 0 Å². The van der Waals surface area contributed by atoms with Gasteiger partial charge in [0.05, 0.1) is 0 Å². The molecule has 3 aromatic rings. The van der Waals surface area contributed by atoms with Gasteiger partial charge in [-0.3, -0.25) is 14.3 Å². The second-order valence-electron chi connectivity index (χ2n) is 6.68. The molecule has 3 rings (SSSR count). The topological polar surface area (TPSA) is 76.0 Å². The summed E-state index contributed by atoms with van der Waals surface area (Å²) in [5.41, 5.74) is 3.75. The summed E-state index contributed by atoms with van der Waals surface area (Å²) in [7, 11) is 0. The molecule has 0 radical (unpaired) electrons. The number of nitrogens with zero attached hydrogens (tertiary/aromatic N) is 2. The van der Waals surface area contributed by atoms with Gasteiger partial charge in [-0.2, -0.15) is 5.10 Å². The van der Waals surface area contributed by atoms with Gasteiger partial charge in [0.2, 0.25) is 5.91 Å². The van der Waals surface area contributed by atoms with Gasteiger partial charge in [0.15, 0.2) is 5.69 Å². The van der Waals surface area contributed by atoms with Crippen molar-refractivity contribution in [2.24, 2.45) is 0 Å². The molecule has 0 bridgehead atoms. The number of carbonyl (C=O) groups is 2. The number of nitrogens with one attached hydrogen (secondary N) is 2. The average molecular weight is 376 g/mol. The van der Waals surface area contributed by atoms with Crippen LogP contribution in [-0.4, -0.2) is 21.6 Å². The molecule has 1 unspecified atom stereocenters. The van der Waals surface area contributed by atoms with E-state index in [2.05, 4.69) is 15.7 Å². The lowest BCUT2D eigenvalue weighted by atomic mass is 10.1. The molecule has 2 amide bonds.